The highest BCUT2D eigenvalue weighted by atomic mass is 19.1. The summed E-state index contributed by atoms with van der Waals surface area (Å²) in [5, 5.41) is 15.7. The molecule has 1 heterocycles. The molecule has 1 atom stereocenters. The van der Waals surface area contributed by atoms with E-state index in [1.807, 2.05) is 0 Å². The minimum Gasteiger partial charge on any atom is -0.387 e. The summed E-state index contributed by atoms with van der Waals surface area (Å²) in [6.45, 7) is 3.13. The summed E-state index contributed by atoms with van der Waals surface area (Å²) >= 11 is 0. The highest BCUT2D eigenvalue weighted by Gasteiger charge is 2.31. The molecule has 1 aliphatic heterocycles. The molecule has 18 heavy (non-hydrogen) atoms. The van der Waals surface area contributed by atoms with Crippen molar-refractivity contribution < 1.29 is 14.3 Å². The van der Waals surface area contributed by atoms with Crippen LogP contribution in [0.4, 0.5) is 4.39 Å². The molecule has 2 rings (SSSR count). The molecule has 3 N–H and O–H groups in total. The van der Waals surface area contributed by atoms with Crippen molar-refractivity contribution in [1.82, 2.24) is 10.6 Å². The molecular weight excluding hydrogens is 235 g/mol. The molecule has 5 heteroatoms. The van der Waals surface area contributed by atoms with Crippen LogP contribution in [-0.2, 0) is 0 Å². The maximum Gasteiger partial charge on any atom is 0.251 e. The Bertz CT molecular complexity index is 456. The maximum atomic E-state index is 13.1. The Morgan fingerprint density at radius 2 is 2.39 bits per heavy atom. The molecule has 0 unspecified atom stereocenters. The Morgan fingerprint density at radius 3 is 3.06 bits per heavy atom. The highest BCUT2D eigenvalue weighted by molar-refractivity contribution is 5.95. The van der Waals surface area contributed by atoms with E-state index >= 15 is 0 Å². The van der Waals surface area contributed by atoms with Gasteiger partial charge in [-0.25, -0.2) is 4.39 Å². The molecule has 0 aliphatic carbocycles. The van der Waals surface area contributed by atoms with Gasteiger partial charge in [0.25, 0.3) is 5.91 Å². The van der Waals surface area contributed by atoms with E-state index < -0.39 is 11.4 Å². The predicted octanol–water partition coefficient (Wildman–Crippen LogP) is 0.588. The molecule has 1 aliphatic rings. The number of benzene rings is 1. The molecule has 98 valence electrons. The van der Waals surface area contributed by atoms with E-state index in [2.05, 4.69) is 10.6 Å². The Kier molecular flexibility index (Phi) is 3.63. The van der Waals surface area contributed by atoms with Crippen molar-refractivity contribution in [3.63, 3.8) is 0 Å². The van der Waals surface area contributed by atoms with Gasteiger partial charge in [0.05, 0.1) is 5.60 Å². The van der Waals surface area contributed by atoms with Gasteiger partial charge in [0.1, 0.15) is 5.82 Å². The van der Waals surface area contributed by atoms with E-state index in [-0.39, 0.29) is 12.5 Å². The second kappa shape index (κ2) is 5.04. The van der Waals surface area contributed by atoms with Crippen molar-refractivity contribution in [2.24, 2.45) is 0 Å². The van der Waals surface area contributed by atoms with E-state index in [1.54, 1.807) is 13.0 Å². The first-order valence-electron chi connectivity index (χ1n) is 5.98. The van der Waals surface area contributed by atoms with Crippen molar-refractivity contribution in [2.45, 2.75) is 18.9 Å². The monoisotopic (exact) mass is 252 g/mol. The number of aryl methyl sites for hydroxylation is 1. The van der Waals surface area contributed by atoms with Crippen LogP contribution in [-0.4, -0.2) is 36.2 Å². The van der Waals surface area contributed by atoms with Gasteiger partial charge in [0.2, 0.25) is 0 Å². The summed E-state index contributed by atoms with van der Waals surface area (Å²) < 4.78 is 13.1. The lowest BCUT2D eigenvalue weighted by Crippen LogP contribution is -2.44. The van der Waals surface area contributed by atoms with Gasteiger partial charge < -0.3 is 15.7 Å². The lowest BCUT2D eigenvalue weighted by Gasteiger charge is -2.21. The smallest absolute Gasteiger partial charge is 0.251 e. The van der Waals surface area contributed by atoms with Gasteiger partial charge in [-0.2, -0.15) is 0 Å². The molecule has 1 amide bonds. The van der Waals surface area contributed by atoms with Crippen LogP contribution in [0.5, 0.6) is 0 Å². The highest BCUT2D eigenvalue weighted by Crippen LogP contribution is 2.14. The molecule has 0 bridgehead atoms. The quantitative estimate of drug-likeness (QED) is 0.738. The SMILES string of the molecule is Cc1ccc(F)cc1C(=O)NC[C@@]1(O)CCNC1. The van der Waals surface area contributed by atoms with Crippen molar-refractivity contribution in [1.29, 1.82) is 0 Å². The molecule has 1 fully saturated rings. The average molecular weight is 252 g/mol. The molecule has 4 nitrogen and oxygen atoms in total. The van der Waals surface area contributed by atoms with E-state index in [0.29, 0.717) is 24.1 Å². The summed E-state index contributed by atoms with van der Waals surface area (Å²) in [4.78, 5) is 11.9. The molecule has 0 saturated carbocycles. The van der Waals surface area contributed by atoms with Gasteiger partial charge in [0, 0.05) is 18.7 Å². The summed E-state index contributed by atoms with van der Waals surface area (Å²) in [6, 6.07) is 4.10. The number of hydrogen-bond acceptors (Lipinski definition) is 3. The molecular formula is C13H17FN2O2. The van der Waals surface area contributed by atoms with Crippen LogP contribution in [0.15, 0.2) is 18.2 Å². The minimum absolute atomic E-state index is 0.175. The Morgan fingerprint density at radius 1 is 1.61 bits per heavy atom. The molecule has 0 aromatic heterocycles. The first kappa shape index (κ1) is 13.0. The van der Waals surface area contributed by atoms with E-state index in [1.165, 1.54) is 12.1 Å². The fraction of sp³-hybridized carbons (Fsp3) is 0.462. The average Bonchev–Trinajstić information content (AvgIpc) is 2.77. The van der Waals surface area contributed by atoms with E-state index in [9.17, 15) is 14.3 Å². The van der Waals surface area contributed by atoms with Crippen molar-refractivity contribution in [2.75, 3.05) is 19.6 Å². The van der Waals surface area contributed by atoms with Crippen molar-refractivity contribution >= 4 is 5.91 Å². The van der Waals surface area contributed by atoms with Crippen molar-refractivity contribution in [3.8, 4) is 0 Å². The minimum atomic E-state index is -0.892. The number of carbonyl (C=O) groups excluding carboxylic acids is 1. The van der Waals surface area contributed by atoms with E-state index in [0.717, 1.165) is 6.54 Å². The van der Waals surface area contributed by atoms with Gasteiger partial charge in [-0.1, -0.05) is 6.07 Å². The van der Waals surface area contributed by atoms with Gasteiger partial charge in [0.15, 0.2) is 0 Å². The number of halogens is 1. The molecule has 1 aromatic carbocycles. The Labute approximate surface area is 105 Å². The Balaban J connectivity index is 2.01. The fourth-order valence-electron chi connectivity index (χ4n) is 2.06. The zero-order valence-corrected chi connectivity index (χ0v) is 10.3. The first-order chi connectivity index (χ1) is 8.50. The summed E-state index contributed by atoms with van der Waals surface area (Å²) in [5.74, 6) is -0.792. The second-order valence-electron chi connectivity index (χ2n) is 4.79. The third-order valence-electron chi connectivity index (χ3n) is 3.24. The maximum absolute atomic E-state index is 13.1. The van der Waals surface area contributed by atoms with Gasteiger partial charge in [-0.15, -0.1) is 0 Å². The number of hydrogen-bond donors (Lipinski definition) is 3. The van der Waals surface area contributed by atoms with Crippen LogP contribution >= 0.6 is 0 Å². The van der Waals surface area contributed by atoms with Gasteiger partial charge in [-0.3, -0.25) is 4.79 Å². The molecule has 0 radical (unpaired) electrons. The fourth-order valence-corrected chi connectivity index (χ4v) is 2.06. The number of rotatable bonds is 3. The van der Waals surface area contributed by atoms with Crippen LogP contribution in [0.2, 0.25) is 0 Å². The lowest BCUT2D eigenvalue weighted by molar-refractivity contribution is 0.0561. The molecule has 0 spiro atoms. The van der Waals surface area contributed by atoms with Crippen LogP contribution in [0, 0.1) is 12.7 Å². The van der Waals surface area contributed by atoms with Gasteiger partial charge in [-0.05, 0) is 37.6 Å². The molecule has 1 saturated heterocycles. The summed E-state index contributed by atoms with van der Waals surface area (Å²) in [7, 11) is 0. The number of aliphatic hydroxyl groups is 1. The Hall–Kier alpha value is -1.46. The van der Waals surface area contributed by atoms with Crippen LogP contribution in [0.25, 0.3) is 0 Å². The predicted molar refractivity (Wildman–Crippen MR) is 65.9 cm³/mol. The standard InChI is InChI=1S/C13H17FN2O2/c1-9-2-3-10(14)6-11(9)12(17)16-8-13(18)4-5-15-7-13/h2-3,6,15,18H,4-5,7-8H2,1H3,(H,16,17)/t13-/m1/s1. The van der Waals surface area contributed by atoms with E-state index in [4.69, 9.17) is 0 Å². The number of amides is 1. The normalized spacial score (nSPS) is 23.1. The van der Waals surface area contributed by atoms with Crippen LogP contribution in [0.1, 0.15) is 22.3 Å². The third-order valence-corrected chi connectivity index (χ3v) is 3.24. The van der Waals surface area contributed by atoms with Crippen LogP contribution < -0.4 is 10.6 Å². The van der Waals surface area contributed by atoms with Gasteiger partial charge >= 0.3 is 0 Å². The zero-order valence-electron chi connectivity index (χ0n) is 10.3. The van der Waals surface area contributed by atoms with Crippen LogP contribution in [0.3, 0.4) is 0 Å². The largest absolute Gasteiger partial charge is 0.387 e. The zero-order chi connectivity index (χ0) is 13.2. The topological polar surface area (TPSA) is 61.4 Å². The summed E-state index contributed by atoms with van der Waals surface area (Å²) in [5.41, 5.74) is 0.131. The second-order valence-corrected chi connectivity index (χ2v) is 4.79. The third kappa shape index (κ3) is 2.86. The summed E-state index contributed by atoms with van der Waals surface area (Å²) in [6.07, 6.45) is 0.607. The van der Waals surface area contributed by atoms with Crippen molar-refractivity contribution in [3.05, 3.63) is 35.1 Å². The molecule has 1 aromatic rings. The lowest BCUT2D eigenvalue weighted by atomic mass is 10.0. The number of carbonyl (C=O) groups is 1. The number of nitrogens with one attached hydrogen (secondary N) is 2. The number of β-amino-alcohol motifs (C(OH)–C–C–N with tert-alkyl or cyclic N) is 1. The first-order valence-corrected chi connectivity index (χ1v) is 5.98.